The molecule has 40 heavy (non-hydrogen) atoms. The number of nitrogens with zero attached hydrogens (tertiary/aromatic N) is 4. The van der Waals surface area contributed by atoms with Gasteiger partial charge in [-0.15, -0.1) is 0 Å². The van der Waals surface area contributed by atoms with Crippen LogP contribution < -0.4 is 0 Å². The van der Waals surface area contributed by atoms with Gasteiger partial charge in [-0.05, 0) is 22.3 Å². The van der Waals surface area contributed by atoms with Crippen LogP contribution >= 0.6 is 0 Å². The molecule has 0 unspecified atom stereocenters. The number of hydrogen-bond acceptors (Lipinski definition) is 6. The Balaban J connectivity index is 1.33. The number of Topliss-reactive ketones (excluding diaryl/α,β-unsaturated/α-hetero) is 2. The van der Waals surface area contributed by atoms with Crippen molar-refractivity contribution in [2.75, 3.05) is 0 Å². The van der Waals surface area contributed by atoms with Crippen molar-refractivity contribution in [3.05, 3.63) is 144 Å². The van der Waals surface area contributed by atoms with Crippen LogP contribution in [0, 0.1) is 0 Å². The van der Waals surface area contributed by atoms with E-state index in [1.165, 1.54) is 0 Å². The Hall–Kier alpha value is -3.94. The fourth-order valence-electron chi connectivity index (χ4n) is 6.74. The molecule has 6 heteroatoms. The molecule has 0 aromatic heterocycles. The van der Waals surface area contributed by atoms with Crippen molar-refractivity contribution in [1.29, 1.82) is 0 Å². The summed E-state index contributed by atoms with van der Waals surface area (Å²) in [5, 5.41) is 0. The number of ketones is 2. The van der Waals surface area contributed by atoms with E-state index in [0.717, 1.165) is 22.3 Å². The topological polar surface area (TPSA) is 47.1 Å². The lowest BCUT2D eigenvalue weighted by Crippen LogP contribution is -2.88. The molecule has 0 amide bonds. The maximum atomic E-state index is 14.6. The first-order chi connectivity index (χ1) is 19.7. The molecule has 4 aliphatic heterocycles. The van der Waals surface area contributed by atoms with E-state index >= 15 is 0 Å². The zero-order chi connectivity index (χ0) is 27.1. The Labute approximate surface area is 235 Å². The van der Waals surface area contributed by atoms with E-state index in [1.54, 1.807) is 0 Å². The van der Waals surface area contributed by atoms with Crippen molar-refractivity contribution >= 4 is 11.6 Å². The molecule has 200 valence electrons. The van der Waals surface area contributed by atoms with Gasteiger partial charge in [0.1, 0.15) is 24.7 Å². The largest absolute Gasteiger partial charge is 0.293 e. The van der Waals surface area contributed by atoms with Gasteiger partial charge in [0, 0.05) is 26.2 Å². The zero-order valence-corrected chi connectivity index (χ0v) is 22.3. The molecule has 4 aliphatic rings. The molecular weight excluding hydrogens is 496 g/mol. The fourth-order valence-corrected chi connectivity index (χ4v) is 6.74. The van der Waals surface area contributed by atoms with Crippen LogP contribution in [0.15, 0.2) is 121 Å². The van der Waals surface area contributed by atoms with Gasteiger partial charge in [-0.1, -0.05) is 121 Å². The highest BCUT2D eigenvalue weighted by Crippen LogP contribution is 2.44. The summed E-state index contributed by atoms with van der Waals surface area (Å²) < 4.78 is 0. The standard InChI is InChI=1S/C34H32N4O2/c39-29-31-35(21-25-13-5-1-6-14-25)32-30(40)33(36(31)22-26-15-7-2-8-16-26)38(24-28-19-11-4-12-20-28)34(29)37(32)23-27-17-9-3-10-18-27/h1-20,31-34H,21-24H2. The van der Waals surface area contributed by atoms with Gasteiger partial charge in [-0.3, -0.25) is 29.2 Å². The Morgan fingerprint density at radius 1 is 0.350 bits per heavy atom. The minimum atomic E-state index is -0.475. The van der Waals surface area contributed by atoms with Crippen molar-refractivity contribution < 1.29 is 9.59 Å². The van der Waals surface area contributed by atoms with Crippen LogP contribution in [-0.2, 0) is 35.8 Å². The lowest BCUT2D eigenvalue weighted by molar-refractivity contribution is -0.252. The number of carbonyl (C=O) groups excluding carboxylic acids is 2. The van der Waals surface area contributed by atoms with E-state index in [9.17, 15) is 9.59 Å². The maximum absolute atomic E-state index is 14.6. The molecule has 0 aliphatic carbocycles. The van der Waals surface area contributed by atoms with E-state index in [0.29, 0.717) is 26.2 Å². The normalized spacial score (nSPS) is 25.1. The quantitative estimate of drug-likeness (QED) is 0.336. The Morgan fingerprint density at radius 2 is 0.550 bits per heavy atom. The molecule has 0 atom stereocenters. The predicted octanol–water partition coefficient (Wildman–Crippen LogP) is 4.48. The van der Waals surface area contributed by atoms with E-state index in [-0.39, 0.29) is 11.6 Å². The molecule has 0 spiro atoms. The summed E-state index contributed by atoms with van der Waals surface area (Å²) in [7, 11) is 0. The van der Waals surface area contributed by atoms with Crippen molar-refractivity contribution in [1.82, 2.24) is 19.6 Å². The highest BCUT2D eigenvalue weighted by atomic mass is 16.2. The summed E-state index contributed by atoms with van der Waals surface area (Å²) in [4.78, 5) is 37.8. The molecule has 8 rings (SSSR count). The number of hydrogen-bond donors (Lipinski definition) is 0. The van der Waals surface area contributed by atoms with Gasteiger partial charge in [0.25, 0.3) is 0 Å². The maximum Gasteiger partial charge on any atom is 0.196 e. The van der Waals surface area contributed by atoms with Crippen molar-refractivity contribution in [2.45, 2.75) is 50.8 Å². The summed E-state index contributed by atoms with van der Waals surface area (Å²) in [5.74, 6) is 0.275. The number of rotatable bonds is 8. The summed E-state index contributed by atoms with van der Waals surface area (Å²) in [6.45, 7) is 2.12. The van der Waals surface area contributed by atoms with E-state index in [1.807, 2.05) is 72.8 Å². The average molecular weight is 529 g/mol. The van der Waals surface area contributed by atoms with Crippen LogP contribution in [-0.4, -0.2) is 55.8 Å². The Kier molecular flexibility index (Phi) is 6.61. The summed E-state index contributed by atoms with van der Waals surface area (Å²) in [6, 6.07) is 40.7. The second-order valence-corrected chi connectivity index (χ2v) is 10.9. The molecule has 4 aromatic carbocycles. The monoisotopic (exact) mass is 528 g/mol. The van der Waals surface area contributed by atoms with Crippen LogP contribution in [0.5, 0.6) is 0 Å². The molecule has 6 nitrogen and oxygen atoms in total. The molecule has 4 aromatic rings. The van der Waals surface area contributed by atoms with Crippen molar-refractivity contribution in [2.24, 2.45) is 0 Å². The van der Waals surface area contributed by atoms with Gasteiger partial charge in [0.05, 0.1) is 0 Å². The first-order valence-corrected chi connectivity index (χ1v) is 14.0. The molecular formula is C34H32N4O2. The lowest BCUT2D eigenvalue weighted by Gasteiger charge is -2.66. The minimum Gasteiger partial charge on any atom is -0.293 e. The zero-order valence-electron chi connectivity index (χ0n) is 22.3. The van der Waals surface area contributed by atoms with Crippen LogP contribution in [0.3, 0.4) is 0 Å². The van der Waals surface area contributed by atoms with Gasteiger partial charge in [0.2, 0.25) is 0 Å². The summed E-state index contributed by atoms with van der Waals surface area (Å²) in [6.07, 6.45) is -1.90. The predicted molar refractivity (Wildman–Crippen MR) is 153 cm³/mol. The first kappa shape index (κ1) is 25.1. The van der Waals surface area contributed by atoms with Crippen LogP contribution in [0.1, 0.15) is 22.3 Å². The summed E-state index contributed by atoms with van der Waals surface area (Å²) >= 11 is 0. The first-order valence-electron chi connectivity index (χ1n) is 14.0. The van der Waals surface area contributed by atoms with Gasteiger partial charge >= 0.3 is 0 Å². The fraction of sp³-hybridized carbons (Fsp3) is 0.235. The third kappa shape index (κ3) is 4.39. The third-order valence-electron chi connectivity index (χ3n) is 8.36. The van der Waals surface area contributed by atoms with Crippen LogP contribution in [0.4, 0.5) is 0 Å². The van der Waals surface area contributed by atoms with Gasteiger partial charge < -0.3 is 0 Å². The van der Waals surface area contributed by atoms with Crippen molar-refractivity contribution in [3.63, 3.8) is 0 Å². The van der Waals surface area contributed by atoms with E-state index in [2.05, 4.69) is 68.1 Å². The molecule has 0 radical (unpaired) electrons. The SMILES string of the molecule is O=C1C2N(Cc3ccccc3)C3C(=O)C(N2Cc2ccccc2)N(Cc2ccccc2)C1N3Cc1ccccc1. The van der Waals surface area contributed by atoms with Gasteiger partial charge in [-0.25, -0.2) is 0 Å². The summed E-state index contributed by atoms with van der Waals surface area (Å²) in [5.41, 5.74) is 4.37. The Bertz CT molecular complexity index is 1240. The number of benzene rings is 4. The van der Waals surface area contributed by atoms with E-state index in [4.69, 9.17) is 0 Å². The third-order valence-corrected chi connectivity index (χ3v) is 8.36. The average Bonchev–Trinajstić information content (AvgIpc) is 2.98. The minimum absolute atomic E-state index is 0.138. The van der Waals surface area contributed by atoms with Gasteiger partial charge in [0.15, 0.2) is 11.6 Å². The van der Waals surface area contributed by atoms with Gasteiger partial charge in [-0.2, -0.15) is 0 Å². The second kappa shape index (κ2) is 10.6. The van der Waals surface area contributed by atoms with Crippen LogP contribution in [0.25, 0.3) is 0 Å². The highest BCUT2D eigenvalue weighted by Gasteiger charge is 2.66. The molecule has 4 saturated heterocycles. The molecule has 4 bridgehead atoms. The van der Waals surface area contributed by atoms with E-state index < -0.39 is 24.7 Å². The highest BCUT2D eigenvalue weighted by molar-refractivity contribution is 6.00. The lowest BCUT2D eigenvalue weighted by atomic mass is 9.87. The van der Waals surface area contributed by atoms with Crippen molar-refractivity contribution in [3.8, 4) is 0 Å². The molecule has 0 saturated carbocycles. The molecule has 4 heterocycles. The Morgan fingerprint density at radius 3 is 0.750 bits per heavy atom. The number of carbonyl (C=O) groups is 2. The second-order valence-electron chi connectivity index (χ2n) is 10.9. The van der Waals surface area contributed by atoms with Crippen LogP contribution in [0.2, 0.25) is 0 Å². The molecule has 4 fully saturated rings. The molecule has 0 N–H and O–H groups in total. The smallest absolute Gasteiger partial charge is 0.196 e.